The van der Waals surface area contributed by atoms with Crippen molar-refractivity contribution >= 4 is 17.7 Å². The van der Waals surface area contributed by atoms with Crippen LogP contribution in [0.15, 0.2) is 22.6 Å². The molecule has 0 saturated carbocycles. The summed E-state index contributed by atoms with van der Waals surface area (Å²) < 4.78 is 55.5. The van der Waals surface area contributed by atoms with Crippen LogP contribution in [0.4, 0.5) is 17.6 Å². The van der Waals surface area contributed by atoms with Gasteiger partial charge in [0.05, 0.1) is 11.3 Å². The monoisotopic (exact) mass is 293 g/mol. The van der Waals surface area contributed by atoms with Crippen LogP contribution in [0.2, 0.25) is 0 Å². The quantitative estimate of drug-likeness (QED) is 0.420. The van der Waals surface area contributed by atoms with Crippen molar-refractivity contribution in [1.29, 1.82) is 0 Å². The Balaban J connectivity index is 3.15. The summed E-state index contributed by atoms with van der Waals surface area (Å²) in [4.78, 5) is 0. The second-order valence-electron chi connectivity index (χ2n) is 5.05. The predicted octanol–water partition coefficient (Wildman–Crippen LogP) is 5.10. The fourth-order valence-electron chi connectivity index (χ4n) is 1.28. The Morgan fingerprint density at radius 2 is 1.74 bits per heavy atom. The van der Waals surface area contributed by atoms with E-state index in [4.69, 9.17) is 0 Å². The number of nitrogens with zero attached hydrogens (tertiary/aromatic N) is 1. The summed E-state index contributed by atoms with van der Waals surface area (Å²) in [5.41, 5.74) is -1.14. The van der Waals surface area contributed by atoms with Crippen LogP contribution in [0.3, 0.4) is 0 Å². The van der Waals surface area contributed by atoms with E-state index in [0.29, 0.717) is 0 Å². The third kappa shape index (κ3) is 4.53. The zero-order valence-corrected chi connectivity index (χ0v) is 11.9. The molecule has 0 atom stereocenters. The van der Waals surface area contributed by atoms with Crippen LogP contribution in [0.25, 0.3) is 0 Å². The highest BCUT2D eigenvalue weighted by Crippen LogP contribution is 2.33. The molecular formula is C13H15F4NS. The smallest absolute Gasteiger partial charge is 0.220 e. The van der Waals surface area contributed by atoms with Gasteiger partial charge >= 0.3 is 6.18 Å². The first-order chi connectivity index (χ1) is 8.52. The lowest BCUT2D eigenvalue weighted by atomic mass is 10.1. The lowest BCUT2D eigenvalue weighted by Crippen LogP contribution is -2.12. The van der Waals surface area contributed by atoms with Crippen LogP contribution in [0, 0.1) is 5.82 Å². The van der Waals surface area contributed by atoms with Crippen molar-refractivity contribution in [3.63, 3.8) is 0 Å². The molecule has 0 heterocycles. The molecule has 1 aromatic rings. The summed E-state index contributed by atoms with van der Waals surface area (Å²) in [6.45, 7) is 7.24. The summed E-state index contributed by atoms with van der Waals surface area (Å²) in [6.07, 6.45) is -4.70. The first-order valence-electron chi connectivity index (χ1n) is 5.61. The topological polar surface area (TPSA) is 12.4 Å². The standard InChI is InChI=1S/C13H15F4NS/c1-8(18-19-12(2,3)4)9-6-5-7-10(11(9)14)13(15,16)17/h5-7H,1-4H3/b18-8+. The Labute approximate surface area is 114 Å². The van der Waals surface area contributed by atoms with E-state index >= 15 is 0 Å². The van der Waals surface area contributed by atoms with Crippen molar-refractivity contribution in [2.75, 3.05) is 0 Å². The van der Waals surface area contributed by atoms with Gasteiger partial charge in [0.1, 0.15) is 5.82 Å². The van der Waals surface area contributed by atoms with Gasteiger partial charge in [0, 0.05) is 10.3 Å². The van der Waals surface area contributed by atoms with Crippen LogP contribution in [-0.4, -0.2) is 10.5 Å². The number of hydrogen-bond acceptors (Lipinski definition) is 2. The van der Waals surface area contributed by atoms with Gasteiger partial charge in [-0.15, -0.1) is 0 Å². The third-order valence-electron chi connectivity index (χ3n) is 2.15. The summed E-state index contributed by atoms with van der Waals surface area (Å²) in [6, 6.07) is 3.21. The van der Waals surface area contributed by atoms with Crippen molar-refractivity contribution in [2.24, 2.45) is 4.40 Å². The molecule has 1 nitrogen and oxygen atoms in total. The van der Waals surface area contributed by atoms with Crippen LogP contribution in [0.1, 0.15) is 38.8 Å². The first kappa shape index (κ1) is 16.0. The van der Waals surface area contributed by atoms with Gasteiger partial charge in [0.25, 0.3) is 0 Å². The first-order valence-corrected chi connectivity index (χ1v) is 6.38. The van der Waals surface area contributed by atoms with Gasteiger partial charge in [0.2, 0.25) is 0 Å². The van der Waals surface area contributed by atoms with Crippen molar-refractivity contribution in [1.82, 2.24) is 0 Å². The third-order valence-corrected chi connectivity index (χ3v) is 3.06. The number of rotatable bonds is 2. The highest BCUT2D eigenvalue weighted by atomic mass is 32.2. The van der Waals surface area contributed by atoms with Crippen LogP contribution < -0.4 is 0 Å². The van der Waals surface area contributed by atoms with E-state index in [1.165, 1.54) is 31.0 Å². The number of benzene rings is 1. The molecule has 0 aliphatic carbocycles. The van der Waals surface area contributed by atoms with Gasteiger partial charge in [-0.05, 0) is 45.7 Å². The Morgan fingerprint density at radius 1 is 1.16 bits per heavy atom. The normalized spacial score (nSPS) is 13.8. The van der Waals surface area contributed by atoms with E-state index < -0.39 is 17.6 Å². The minimum absolute atomic E-state index is 0.119. The lowest BCUT2D eigenvalue weighted by Gasteiger charge is -2.15. The second kappa shape index (κ2) is 5.53. The molecule has 106 valence electrons. The van der Waals surface area contributed by atoms with Gasteiger partial charge in [-0.2, -0.15) is 13.2 Å². The van der Waals surface area contributed by atoms with E-state index in [9.17, 15) is 17.6 Å². The Hall–Kier alpha value is -1.04. The molecule has 0 aliphatic rings. The van der Waals surface area contributed by atoms with Crippen LogP contribution >= 0.6 is 11.9 Å². The average Bonchev–Trinajstić information content (AvgIpc) is 2.23. The van der Waals surface area contributed by atoms with Crippen LogP contribution in [-0.2, 0) is 6.18 Å². The summed E-state index contributed by atoms with van der Waals surface area (Å²) in [7, 11) is 0. The van der Waals surface area contributed by atoms with Crippen molar-refractivity contribution in [3.8, 4) is 0 Å². The minimum atomic E-state index is -4.70. The highest BCUT2D eigenvalue weighted by molar-refractivity contribution is 7.99. The molecule has 0 spiro atoms. The van der Waals surface area contributed by atoms with E-state index in [2.05, 4.69) is 4.40 Å². The van der Waals surface area contributed by atoms with E-state index in [1.54, 1.807) is 0 Å². The predicted molar refractivity (Wildman–Crippen MR) is 71.0 cm³/mol. The van der Waals surface area contributed by atoms with Crippen molar-refractivity contribution in [2.45, 2.75) is 38.6 Å². The molecule has 1 rings (SSSR count). The fourth-order valence-corrected chi connectivity index (χ4v) is 1.79. The summed E-state index contributed by atoms with van der Waals surface area (Å²) in [5, 5.41) is 0. The largest absolute Gasteiger partial charge is 0.419 e. The zero-order chi connectivity index (χ0) is 14.8. The summed E-state index contributed by atoms with van der Waals surface area (Å²) >= 11 is 1.20. The SMILES string of the molecule is C/C(=N\SC(C)(C)C)c1cccc(C(F)(F)F)c1F. The number of halogens is 4. The molecule has 0 saturated heterocycles. The summed E-state index contributed by atoms with van der Waals surface area (Å²) in [5.74, 6) is -1.27. The molecule has 0 fully saturated rings. The van der Waals surface area contributed by atoms with Crippen LogP contribution in [0.5, 0.6) is 0 Å². The lowest BCUT2D eigenvalue weighted by molar-refractivity contribution is -0.140. The average molecular weight is 293 g/mol. The van der Waals surface area contributed by atoms with Gasteiger partial charge in [-0.25, -0.2) is 8.79 Å². The Bertz CT molecular complexity index is 486. The Kier molecular flexibility index (Phi) is 4.66. The highest BCUT2D eigenvalue weighted by Gasteiger charge is 2.35. The second-order valence-corrected chi connectivity index (χ2v) is 6.64. The zero-order valence-electron chi connectivity index (χ0n) is 11.1. The molecule has 0 bridgehead atoms. The molecule has 0 aromatic heterocycles. The van der Waals surface area contributed by atoms with Gasteiger partial charge in [-0.3, -0.25) is 0 Å². The number of alkyl halides is 3. The molecule has 0 N–H and O–H groups in total. The van der Waals surface area contributed by atoms with E-state index in [1.807, 2.05) is 20.8 Å². The molecule has 1 aromatic carbocycles. The van der Waals surface area contributed by atoms with Gasteiger partial charge in [-0.1, -0.05) is 12.1 Å². The van der Waals surface area contributed by atoms with Crippen molar-refractivity contribution < 1.29 is 17.6 Å². The molecule has 19 heavy (non-hydrogen) atoms. The maximum atomic E-state index is 13.8. The molecule has 0 aliphatic heterocycles. The molecule has 0 radical (unpaired) electrons. The maximum absolute atomic E-state index is 13.8. The van der Waals surface area contributed by atoms with E-state index in [0.717, 1.165) is 6.07 Å². The molecule has 0 unspecified atom stereocenters. The molecule has 0 amide bonds. The maximum Gasteiger partial charge on any atom is 0.419 e. The van der Waals surface area contributed by atoms with Gasteiger partial charge in [0.15, 0.2) is 0 Å². The molecule has 6 heteroatoms. The molecular weight excluding hydrogens is 278 g/mol. The Morgan fingerprint density at radius 3 is 2.21 bits per heavy atom. The fraction of sp³-hybridized carbons (Fsp3) is 0.462. The minimum Gasteiger partial charge on any atom is -0.220 e. The van der Waals surface area contributed by atoms with E-state index in [-0.39, 0.29) is 16.0 Å². The number of hydrogen-bond donors (Lipinski definition) is 0. The van der Waals surface area contributed by atoms with Crippen molar-refractivity contribution in [3.05, 3.63) is 35.1 Å². The van der Waals surface area contributed by atoms with Gasteiger partial charge < -0.3 is 0 Å².